The largest absolute Gasteiger partial charge is 0.491 e. The van der Waals surface area contributed by atoms with E-state index < -0.39 is 24.7 Å². The van der Waals surface area contributed by atoms with Crippen molar-refractivity contribution in [3.63, 3.8) is 0 Å². The second-order valence-corrected chi connectivity index (χ2v) is 9.10. The molecule has 2 fully saturated rings. The fourth-order valence-electron chi connectivity index (χ4n) is 5.09. The summed E-state index contributed by atoms with van der Waals surface area (Å²) in [6, 6.07) is 0.925. The second-order valence-electron chi connectivity index (χ2n) is 9.10. The van der Waals surface area contributed by atoms with E-state index in [4.69, 9.17) is 4.74 Å². The maximum atomic E-state index is 13.1. The van der Waals surface area contributed by atoms with Crippen molar-refractivity contribution in [2.75, 3.05) is 24.6 Å². The maximum absolute atomic E-state index is 13.1. The molecule has 1 saturated heterocycles. The fraction of sp³-hybridized carbons (Fsp3) is 0.545. The first-order valence-electron chi connectivity index (χ1n) is 11.1. The van der Waals surface area contributed by atoms with E-state index in [0.29, 0.717) is 17.0 Å². The third kappa shape index (κ3) is 4.49. The SMILES string of the molecule is FC(F)Cn1ncc2ncc(N3CCC4(CC3)CC(COc3cnccc3C(F)(F)F)C4)nc21. The Hall–Kier alpha value is -3.05. The summed E-state index contributed by atoms with van der Waals surface area (Å²) in [4.78, 5) is 14.7. The number of rotatable bonds is 6. The minimum atomic E-state index is -4.48. The Morgan fingerprint density at radius 1 is 1.12 bits per heavy atom. The molecule has 0 N–H and O–H groups in total. The lowest BCUT2D eigenvalue weighted by Gasteiger charge is -2.52. The molecule has 1 aliphatic heterocycles. The first kappa shape index (κ1) is 22.7. The van der Waals surface area contributed by atoms with Gasteiger partial charge in [-0.05, 0) is 43.1 Å². The lowest BCUT2D eigenvalue weighted by molar-refractivity contribution is -0.139. The number of hydrogen-bond acceptors (Lipinski definition) is 6. The van der Waals surface area contributed by atoms with Crippen LogP contribution in [0.4, 0.5) is 27.8 Å². The molecule has 12 heteroatoms. The van der Waals surface area contributed by atoms with E-state index in [1.165, 1.54) is 10.9 Å². The van der Waals surface area contributed by atoms with Crippen molar-refractivity contribution in [2.24, 2.45) is 11.3 Å². The first-order chi connectivity index (χ1) is 16.2. The molecule has 0 amide bonds. The van der Waals surface area contributed by atoms with Crippen LogP contribution in [-0.4, -0.2) is 50.9 Å². The molecular formula is C22H23F5N6O. The number of nitrogens with zero attached hydrogens (tertiary/aromatic N) is 6. The number of piperidine rings is 1. The van der Waals surface area contributed by atoms with Gasteiger partial charge in [0.15, 0.2) is 5.65 Å². The number of pyridine rings is 1. The highest BCUT2D eigenvalue weighted by molar-refractivity contribution is 5.71. The van der Waals surface area contributed by atoms with Crippen LogP contribution in [0.2, 0.25) is 0 Å². The highest BCUT2D eigenvalue weighted by atomic mass is 19.4. The molecule has 182 valence electrons. The Bertz CT molecular complexity index is 1150. The third-order valence-electron chi connectivity index (χ3n) is 6.80. The zero-order valence-corrected chi connectivity index (χ0v) is 18.2. The predicted octanol–water partition coefficient (Wildman–Crippen LogP) is 4.58. The molecule has 0 bridgehead atoms. The van der Waals surface area contributed by atoms with Crippen molar-refractivity contribution < 1.29 is 26.7 Å². The van der Waals surface area contributed by atoms with E-state index in [2.05, 4.69) is 25.0 Å². The van der Waals surface area contributed by atoms with E-state index in [1.54, 1.807) is 6.20 Å². The smallest absolute Gasteiger partial charge is 0.420 e. The molecule has 34 heavy (non-hydrogen) atoms. The van der Waals surface area contributed by atoms with Gasteiger partial charge in [0.05, 0.1) is 25.2 Å². The molecule has 5 rings (SSSR count). The Morgan fingerprint density at radius 3 is 2.59 bits per heavy atom. The molecule has 2 aliphatic rings. The van der Waals surface area contributed by atoms with Gasteiger partial charge in [-0.25, -0.2) is 23.4 Å². The van der Waals surface area contributed by atoms with Crippen LogP contribution in [0.3, 0.4) is 0 Å². The van der Waals surface area contributed by atoms with Crippen molar-refractivity contribution in [2.45, 2.75) is 44.8 Å². The van der Waals surface area contributed by atoms with Crippen molar-refractivity contribution in [3.8, 4) is 5.75 Å². The van der Waals surface area contributed by atoms with Crippen molar-refractivity contribution in [1.82, 2.24) is 24.7 Å². The van der Waals surface area contributed by atoms with Crippen molar-refractivity contribution in [3.05, 3.63) is 36.4 Å². The van der Waals surface area contributed by atoms with Gasteiger partial charge in [0.2, 0.25) is 0 Å². The van der Waals surface area contributed by atoms with Crippen LogP contribution in [0, 0.1) is 11.3 Å². The molecule has 0 unspecified atom stereocenters. The van der Waals surface area contributed by atoms with Crippen LogP contribution in [0.15, 0.2) is 30.9 Å². The number of alkyl halides is 5. The normalized spacial score (nSPS) is 18.6. The highest BCUT2D eigenvalue weighted by Gasteiger charge is 2.46. The standard InChI is InChI=1S/C22H23F5N6O/c23-18(24)12-33-20-16(9-30-33)29-11-19(31-20)32-5-2-21(3-6-32)7-14(8-21)13-34-17-10-28-4-1-15(17)22(25,26)27/h1,4,9-11,14,18H,2-3,5-8,12-13H2. The summed E-state index contributed by atoms with van der Waals surface area (Å²) < 4.78 is 71.6. The summed E-state index contributed by atoms with van der Waals surface area (Å²) in [7, 11) is 0. The topological polar surface area (TPSA) is 69.0 Å². The zero-order valence-electron chi connectivity index (χ0n) is 18.2. The molecule has 1 aliphatic carbocycles. The van der Waals surface area contributed by atoms with Crippen LogP contribution in [0.25, 0.3) is 11.2 Å². The van der Waals surface area contributed by atoms with Crippen LogP contribution < -0.4 is 9.64 Å². The average Bonchev–Trinajstić information content (AvgIpc) is 3.17. The monoisotopic (exact) mass is 482 g/mol. The van der Waals surface area contributed by atoms with Gasteiger partial charge >= 0.3 is 6.18 Å². The molecule has 0 atom stereocenters. The Kier molecular flexibility index (Phi) is 5.76. The molecule has 4 heterocycles. The third-order valence-corrected chi connectivity index (χ3v) is 6.80. The van der Waals surface area contributed by atoms with Gasteiger partial charge in [0.25, 0.3) is 6.43 Å². The number of hydrogen-bond donors (Lipinski definition) is 0. The zero-order chi connectivity index (χ0) is 23.9. The van der Waals surface area contributed by atoms with Crippen LogP contribution in [0.1, 0.15) is 31.2 Å². The first-order valence-corrected chi connectivity index (χ1v) is 11.1. The summed E-state index contributed by atoms with van der Waals surface area (Å²) in [5.74, 6) is 0.604. The Labute approximate surface area is 192 Å². The molecular weight excluding hydrogens is 459 g/mol. The molecule has 1 saturated carbocycles. The highest BCUT2D eigenvalue weighted by Crippen LogP contribution is 2.53. The summed E-state index contributed by atoms with van der Waals surface area (Å²) in [6.07, 6.45) is 1.91. The van der Waals surface area contributed by atoms with Gasteiger partial charge in [-0.3, -0.25) is 4.98 Å². The van der Waals surface area contributed by atoms with Crippen molar-refractivity contribution >= 4 is 17.0 Å². The molecule has 3 aromatic heterocycles. The summed E-state index contributed by atoms with van der Waals surface area (Å²) in [5.41, 5.74) is 0.161. The quantitative estimate of drug-likeness (QED) is 0.479. The van der Waals surface area contributed by atoms with E-state index in [9.17, 15) is 22.0 Å². The van der Waals surface area contributed by atoms with Crippen LogP contribution in [-0.2, 0) is 12.7 Å². The number of aromatic nitrogens is 5. The average molecular weight is 482 g/mol. The number of fused-ring (bicyclic) bond motifs is 1. The van der Waals surface area contributed by atoms with Crippen molar-refractivity contribution in [1.29, 1.82) is 0 Å². The van der Waals surface area contributed by atoms with Gasteiger partial charge in [-0.15, -0.1) is 0 Å². The van der Waals surface area contributed by atoms with E-state index >= 15 is 0 Å². The predicted molar refractivity (Wildman–Crippen MR) is 113 cm³/mol. The summed E-state index contributed by atoms with van der Waals surface area (Å²) in [5, 5.41) is 3.95. The van der Waals surface area contributed by atoms with Gasteiger partial charge in [0.1, 0.15) is 29.2 Å². The Morgan fingerprint density at radius 2 is 1.88 bits per heavy atom. The van der Waals surface area contributed by atoms with Crippen LogP contribution in [0.5, 0.6) is 5.75 Å². The summed E-state index contributed by atoms with van der Waals surface area (Å²) in [6.45, 7) is 1.20. The van der Waals surface area contributed by atoms with E-state index in [0.717, 1.165) is 57.2 Å². The Balaban J connectivity index is 1.16. The molecule has 3 aromatic rings. The fourth-order valence-corrected chi connectivity index (χ4v) is 5.09. The molecule has 0 radical (unpaired) electrons. The van der Waals surface area contributed by atoms with Gasteiger partial charge < -0.3 is 9.64 Å². The minimum Gasteiger partial charge on any atom is -0.491 e. The maximum Gasteiger partial charge on any atom is 0.420 e. The van der Waals surface area contributed by atoms with Crippen LogP contribution >= 0.6 is 0 Å². The molecule has 7 nitrogen and oxygen atoms in total. The number of anilines is 1. The minimum absolute atomic E-state index is 0.154. The second kappa shape index (κ2) is 8.62. The van der Waals surface area contributed by atoms with E-state index in [-0.39, 0.29) is 23.7 Å². The number of ether oxygens (including phenoxy) is 1. The van der Waals surface area contributed by atoms with Gasteiger partial charge in [-0.1, -0.05) is 0 Å². The van der Waals surface area contributed by atoms with Gasteiger partial charge in [0, 0.05) is 19.3 Å². The summed E-state index contributed by atoms with van der Waals surface area (Å²) >= 11 is 0. The molecule has 1 spiro atoms. The van der Waals surface area contributed by atoms with Gasteiger partial charge in [-0.2, -0.15) is 18.3 Å². The van der Waals surface area contributed by atoms with E-state index in [1.807, 2.05) is 0 Å². The lowest BCUT2D eigenvalue weighted by Crippen LogP contribution is -2.48. The molecule has 0 aromatic carbocycles. The number of halogens is 5. The lowest BCUT2D eigenvalue weighted by atomic mass is 9.58.